The zero-order valence-electron chi connectivity index (χ0n) is 16.1. The molecule has 2 N–H and O–H groups in total. The van der Waals surface area contributed by atoms with E-state index in [1.54, 1.807) is 24.0 Å². The maximum absolute atomic E-state index is 13.2. The van der Waals surface area contributed by atoms with E-state index in [1.165, 1.54) is 25.0 Å². The third-order valence-electron chi connectivity index (χ3n) is 5.97. The van der Waals surface area contributed by atoms with Gasteiger partial charge in [-0.15, -0.1) is 0 Å². The number of carbonyl (C=O) groups excluding carboxylic acids is 1. The summed E-state index contributed by atoms with van der Waals surface area (Å²) < 4.78 is 18.5. The highest BCUT2D eigenvalue weighted by molar-refractivity contribution is 6.00. The van der Waals surface area contributed by atoms with Crippen LogP contribution in [0.3, 0.4) is 0 Å². The van der Waals surface area contributed by atoms with Crippen LogP contribution in [0.25, 0.3) is 11.3 Å². The van der Waals surface area contributed by atoms with Crippen molar-refractivity contribution in [3.63, 3.8) is 0 Å². The van der Waals surface area contributed by atoms with Crippen LogP contribution >= 0.6 is 0 Å². The van der Waals surface area contributed by atoms with Crippen LogP contribution in [-0.4, -0.2) is 52.9 Å². The summed E-state index contributed by atoms with van der Waals surface area (Å²) in [6.45, 7) is 3.85. The largest absolute Gasteiger partial charge is 0.394 e. The lowest BCUT2D eigenvalue weighted by molar-refractivity contribution is 0.0528. The Morgan fingerprint density at radius 3 is 2.61 bits per heavy atom. The minimum absolute atomic E-state index is 0.0782. The molecule has 0 radical (unpaired) electrons. The van der Waals surface area contributed by atoms with E-state index in [-0.39, 0.29) is 23.9 Å². The quantitative estimate of drug-likeness (QED) is 0.797. The molecular weight excluding hydrogens is 361 g/mol. The van der Waals surface area contributed by atoms with Gasteiger partial charge in [0.05, 0.1) is 6.61 Å². The minimum Gasteiger partial charge on any atom is -0.394 e. The molecule has 0 unspecified atom stereocenters. The van der Waals surface area contributed by atoms with Crippen molar-refractivity contribution in [3.05, 3.63) is 41.4 Å². The predicted octanol–water partition coefficient (Wildman–Crippen LogP) is 2.76. The van der Waals surface area contributed by atoms with Gasteiger partial charge in [-0.1, -0.05) is 5.16 Å². The number of aliphatic hydroxyl groups excluding tert-OH is 1. The predicted molar refractivity (Wildman–Crippen MR) is 102 cm³/mol. The molecule has 1 aromatic carbocycles. The lowest BCUT2D eigenvalue weighted by atomic mass is 9.87. The van der Waals surface area contributed by atoms with E-state index in [0.717, 1.165) is 12.5 Å². The number of hydrogen-bond donors (Lipinski definition) is 2. The van der Waals surface area contributed by atoms with Gasteiger partial charge in [0.25, 0.3) is 5.91 Å². The van der Waals surface area contributed by atoms with Crippen molar-refractivity contribution in [1.82, 2.24) is 15.4 Å². The van der Waals surface area contributed by atoms with Gasteiger partial charge < -0.3 is 19.8 Å². The number of aliphatic hydroxyl groups is 1. The van der Waals surface area contributed by atoms with Gasteiger partial charge in [-0.25, -0.2) is 4.39 Å². The van der Waals surface area contributed by atoms with E-state index < -0.39 is 0 Å². The topological polar surface area (TPSA) is 78.6 Å². The zero-order chi connectivity index (χ0) is 19.7. The van der Waals surface area contributed by atoms with Crippen molar-refractivity contribution in [3.8, 4) is 11.3 Å². The van der Waals surface area contributed by atoms with E-state index >= 15 is 0 Å². The first-order chi connectivity index (χ1) is 13.5. The van der Waals surface area contributed by atoms with Crippen LogP contribution in [0.5, 0.6) is 0 Å². The monoisotopic (exact) mass is 387 g/mol. The normalized spacial score (nSPS) is 19.0. The highest BCUT2D eigenvalue weighted by atomic mass is 19.1. The summed E-state index contributed by atoms with van der Waals surface area (Å²) in [5, 5.41) is 17.5. The number of benzene rings is 1. The lowest BCUT2D eigenvalue weighted by Crippen LogP contribution is -2.57. The number of nitrogens with one attached hydrogen (secondary N) is 1. The van der Waals surface area contributed by atoms with Gasteiger partial charge in [0.15, 0.2) is 0 Å². The Kier molecular flexibility index (Phi) is 5.21. The summed E-state index contributed by atoms with van der Waals surface area (Å²) in [5.74, 6) is 0.718. The molecule has 2 fully saturated rings. The molecule has 6 nitrogen and oxygen atoms in total. The molecule has 28 heavy (non-hydrogen) atoms. The fourth-order valence-corrected chi connectivity index (χ4v) is 3.80. The van der Waals surface area contributed by atoms with Gasteiger partial charge in [-0.2, -0.15) is 0 Å². The summed E-state index contributed by atoms with van der Waals surface area (Å²) in [7, 11) is 0. The summed E-state index contributed by atoms with van der Waals surface area (Å²) >= 11 is 0. The zero-order valence-corrected chi connectivity index (χ0v) is 16.1. The molecule has 1 aliphatic heterocycles. The van der Waals surface area contributed by atoms with Crippen LogP contribution in [0.2, 0.25) is 0 Å². The Balaban J connectivity index is 1.48. The van der Waals surface area contributed by atoms with Crippen molar-refractivity contribution in [1.29, 1.82) is 0 Å². The van der Waals surface area contributed by atoms with Gasteiger partial charge in [-0.3, -0.25) is 4.79 Å². The number of carbonyl (C=O) groups is 1. The Labute approximate surface area is 163 Å². The molecule has 1 aromatic heterocycles. The maximum Gasteiger partial charge on any atom is 0.259 e. The second-order valence-electron chi connectivity index (χ2n) is 8.02. The number of aromatic nitrogens is 1. The number of amides is 1. The smallest absolute Gasteiger partial charge is 0.259 e. The molecule has 4 rings (SSSR count). The Morgan fingerprint density at radius 2 is 2.00 bits per heavy atom. The van der Waals surface area contributed by atoms with Gasteiger partial charge in [0.2, 0.25) is 0 Å². The SMILES string of the molecule is Cc1onc(-c2ccc(F)cc2)c1C(=O)N1CCC(CO)(NCC2CC2)CC1. The third-order valence-corrected chi connectivity index (χ3v) is 5.97. The minimum atomic E-state index is -0.341. The van der Waals surface area contributed by atoms with Crippen LogP contribution in [0.1, 0.15) is 41.8 Å². The fourth-order valence-electron chi connectivity index (χ4n) is 3.80. The van der Waals surface area contributed by atoms with Gasteiger partial charge in [-0.05, 0) is 69.3 Å². The van der Waals surface area contributed by atoms with Crippen LogP contribution in [-0.2, 0) is 0 Å². The molecular formula is C21H26FN3O3. The number of aryl methyl sites for hydroxylation is 1. The molecule has 0 atom stereocenters. The summed E-state index contributed by atoms with van der Waals surface area (Å²) in [6.07, 6.45) is 3.94. The van der Waals surface area contributed by atoms with Crippen LogP contribution in [0.15, 0.2) is 28.8 Å². The van der Waals surface area contributed by atoms with Crippen molar-refractivity contribution >= 4 is 5.91 Å². The van der Waals surface area contributed by atoms with Crippen LogP contribution in [0, 0.1) is 18.7 Å². The Bertz CT molecular complexity index is 837. The van der Waals surface area contributed by atoms with E-state index in [1.807, 2.05) is 0 Å². The number of halogens is 1. The molecule has 150 valence electrons. The molecule has 1 saturated heterocycles. The van der Waals surface area contributed by atoms with E-state index in [2.05, 4.69) is 10.5 Å². The number of rotatable bonds is 6. The summed E-state index contributed by atoms with van der Waals surface area (Å²) in [4.78, 5) is 15.0. The second kappa shape index (κ2) is 7.64. The molecule has 1 aliphatic carbocycles. The average Bonchev–Trinajstić information content (AvgIpc) is 3.47. The van der Waals surface area contributed by atoms with Gasteiger partial charge >= 0.3 is 0 Å². The van der Waals surface area contributed by atoms with Crippen molar-refractivity contribution < 1.29 is 18.8 Å². The number of piperidine rings is 1. The highest BCUT2D eigenvalue weighted by Gasteiger charge is 2.38. The van der Waals surface area contributed by atoms with E-state index in [4.69, 9.17) is 4.52 Å². The fraction of sp³-hybridized carbons (Fsp3) is 0.524. The summed E-state index contributed by atoms with van der Waals surface area (Å²) in [6, 6.07) is 5.88. The van der Waals surface area contributed by atoms with Gasteiger partial charge in [0, 0.05) is 24.2 Å². The van der Waals surface area contributed by atoms with Crippen molar-refractivity contribution in [2.75, 3.05) is 26.2 Å². The molecule has 0 spiro atoms. The molecule has 1 saturated carbocycles. The second-order valence-corrected chi connectivity index (χ2v) is 8.02. The first-order valence-corrected chi connectivity index (χ1v) is 9.89. The Morgan fingerprint density at radius 1 is 1.32 bits per heavy atom. The Hall–Kier alpha value is -2.25. The molecule has 1 amide bonds. The number of nitrogens with zero attached hydrogens (tertiary/aromatic N) is 2. The first-order valence-electron chi connectivity index (χ1n) is 9.89. The molecule has 2 aliphatic rings. The number of hydrogen-bond acceptors (Lipinski definition) is 5. The standard InChI is InChI=1S/C21H26FN3O3/c1-14-18(19(24-28-14)16-4-6-17(22)7-5-16)20(27)25-10-8-21(13-26,9-11-25)23-12-15-2-3-15/h4-7,15,23,26H,2-3,8-13H2,1H3. The van der Waals surface area contributed by atoms with Crippen molar-refractivity contribution in [2.24, 2.45) is 5.92 Å². The van der Waals surface area contributed by atoms with E-state index in [0.29, 0.717) is 48.5 Å². The molecule has 2 heterocycles. The first kappa shape index (κ1) is 19.1. The molecule has 0 bridgehead atoms. The molecule has 2 aromatic rings. The lowest BCUT2D eigenvalue weighted by Gasteiger charge is -2.41. The summed E-state index contributed by atoms with van der Waals surface area (Å²) in [5.41, 5.74) is 1.21. The van der Waals surface area contributed by atoms with Gasteiger partial charge in [0.1, 0.15) is 22.8 Å². The molecule has 7 heteroatoms. The average molecular weight is 387 g/mol. The third kappa shape index (κ3) is 3.82. The van der Waals surface area contributed by atoms with Crippen LogP contribution < -0.4 is 5.32 Å². The highest BCUT2D eigenvalue weighted by Crippen LogP contribution is 2.32. The van der Waals surface area contributed by atoms with Crippen molar-refractivity contribution in [2.45, 2.75) is 38.1 Å². The van der Waals surface area contributed by atoms with E-state index in [9.17, 15) is 14.3 Å². The van der Waals surface area contributed by atoms with Crippen LogP contribution in [0.4, 0.5) is 4.39 Å². The number of likely N-dealkylation sites (tertiary alicyclic amines) is 1. The maximum atomic E-state index is 13.2.